The number of carbonyl (C=O) groups is 1. The van der Waals surface area contributed by atoms with Gasteiger partial charge in [0.05, 0.1) is 19.2 Å². The molecule has 5 heteroatoms. The number of carbonyl (C=O) groups excluding carboxylic acids is 1. The van der Waals surface area contributed by atoms with E-state index in [1.54, 1.807) is 12.0 Å². The quantitative estimate of drug-likeness (QED) is 0.653. The first-order valence-electron chi connectivity index (χ1n) is 5.97. The van der Waals surface area contributed by atoms with Crippen molar-refractivity contribution in [1.82, 2.24) is 4.90 Å². The molecule has 0 aromatic rings. The van der Waals surface area contributed by atoms with Crippen LogP contribution in [0.3, 0.4) is 0 Å². The van der Waals surface area contributed by atoms with Gasteiger partial charge in [-0.05, 0) is 27.7 Å². The molecule has 2 fully saturated rings. The van der Waals surface area contributed by atoms with Gasteiger partial charge in [0.15, 0.2) is 0 Å². The summed E-state index contributed by atoms with van der Waals surface area (Å²) in [4.78, 5) is 13.6. The van der Waals surface area contributed by atoms with Crippen LogP contribution in [0.5, 0.6) is 0 Å². The average Bonchev–Trinajstić information content (AvgIpc) is 2.69. The van der Waals surface area contributed by atoms with Crippen molar-refractivity contribution in [2.24, 2.45) is 0 Å². The van der Waals surface area contributed by atoms with Gasteiger partial charge in [-0.2, -0.15) is 0 Å². The van der Waals surface area contributed by atoms with E-state index in [9.17, 15) is 4.79 Å². The van der Waals surface area contributed by atoms with Crippen molar-refractivity contribution in [3.05, 3.63) is 0 Å². The van der Waals surface area contributed by atoms with Crippen LogP contribution in [0, 0.1) is 0 Å². The molecule has 0 radical (unpaired) electrons. The van der Waals surface area contributed by atoms with Crippen molar-refractivity contribution >= 4 is 6.09 Å². The highest BCUT2D eigenvalue weighted by Gasteiger charge is 2.65. The maximum absolute atomic E-state index is 11.9. The Morgan fingerprint density at radius 3 is 2.41 bits per heavy atom. The number of amides is 1. The minimum Gasteiger partial charge on any atom is -0.444 e. The van der Waals surface area contributed by atoms with Crippen molar-refractivity contribution in [1.29, 1.82) is 0 Å². The predicted molar refractivity (Wildman–Crippen MR) is 61.9 cm³/mol. The lowest BCUT2D eigenvalue weighted by Gasteiger charge is -2.24. The molecule has 0 N–H and O–H groups in total. The molecular weight excluding hydrogens is 222 g/mol. The molecule has 3 atom stereocenters. The number of nitrogens with zero attached hydrogens (tertiary/aromatic N) is 1. The Hall–Kier alpha value is -0.810. The zero-order valence-corrected chi connectivity index (χ0v) is 11.1. The number of methoxy groups -OCH3 is 1. The van der Waals surface area contributed by atoms with E-state index in [2.05, 4.69) is 0 Å². The van der Waals surface area contributed by atoms with E-state index in [-0.39, 0.29) is 23.9 Å². The summed E-state index contributed by atoms with van der Waals surface area (Å²) in [5.74, 6) is 0. The second-order valence-corrected chi connectivity index (χ2v) is 5.80. The van der Waals surface area contributed by atoms with Gasteiger partial charge in [0, 0.05) is 7.11 Å². The first kappa shape index (κ1) is 12.6. The lowest BCUT2D eigenvalue weighted by Crippen LogP contribution is -2.36. The van der Waals surface area contributed by atoms with Crippen LogP contribution >= 0.6 is 0 Å². The van der Waals surface area contributed by atoms with E-state index in [0.29, 0.717) is 13.1 Å². The number of rotatable bonds is 1. The molecule has 2 heterocycles. The molecule has 1 spiro atoms. The van der Waals surface area contributed by atoms with E-state index in [1.165, 1.54) is 0 Å². The highest BCUT2D eigenvalue weighted by Crippen LogP contribution is 2.45. The molecule has 0 unspecified atom stereocenters. The molecule has 0 aliphatic carbocycles. The Kier molecular flexibility index (Phi) is 2.86. The molecule has 0 bridgehead atoms. The molecule has 98 valence electrons. The Morgan fingerprint density at radius 1 is 1.47 bits per heavy atom. The average molecular weight is 243 g/mol. The van der Waals surface area contributed by atoms with Crippen LogP contribution in [0.1, 0.15) is 27.7 Å². The third-order valence-electron chi connectivity index (χ3n) is 3.33. The van der Waals surface area contributed by atoms with Crippen LogP contribution in [0.25, 0.3) is 0 Å². The molecule has 2 saturated heterocycles. The van der Waals surface area contributed by atoms with Gasteiger partial charge in [0.25, 0.3) is 0 Å². The first-order chi connectivity index (χ1) is 7.78. The Balaban J connectivity index is 1.99. The SMILES string of the molecule is CO[C@H]1CN(C(=O)OC(C)(C)C)C[C@]12O[C@H]2C. The summed E-state index contributed by atoms with van der Waals surface area (Å²) in [6.45, 7) is 8.68. The largest absolute Gasteiger partial charge is 0.444 e. The standard InChI is InChI=1S/C12H21NO4/c1-8-12(16-8)7-13(6-9(12)15-5)10(14)17-11(2,3)4/h8-9H,6-7H2,1-5H3/t8-,9-,12+/m0/s1. The lowest BCUT2D eigenvalue weighted by molar-refractivity contribution is 0.0250. The smallest absolute Gasteiger partial charge is 0.410 e. The summed E-state index contributed by atoms with van der Waals surface area (Å²) in [7, 11) is 1.65. The molecule has 2 rings (SSSR count). The third kappa shape index (κ3) is 2.26. The number of epoxide rings is 1. The van der Waals surface area contributed by atoms with E-state index in [0.717, 1.165) is 0 Å². The summed E-state index contributed by atoms with van der Waals surface area (Å²) in [5, 5.41) is 0. The summed E-state index contributed by atoms with van der Waals surface area (Å²) in [6, 6.07) is 0. The predicted octanol–water partition coefficient (Wildman–Crippen LogP) is 1.41. The molecule has 1 amide bonds. The molecule has 2 aliphatic heterocycles. The molecule has 2 aliphatic rings. The minimum atomic E-state index is -0.467. The third-order valence-corrected chi connectivity index (χ3v) is 3.33. The van der Waals surface area contributed by atoms with Crippen LogP contribution < -0.4 is 0 Å². The fourth-order valence-electron chi connectivity index (χ4n) is 2.36. The van der Waals surface area contributed by atoms with Crippen LogP contribution in [-0.4, -0.2) is 54.6 Å². The van der Waals surface area contributed by atoms with E-state index < -0.39 is 5.60 Å². The monoisotopic (exact) mass is 243 g/mol. The fourth-order valence-corrected chi connectivity index (χ4v) is 2.36. The van der Waals surface area contributed by atoms with Crippen molar-refractivity contribution in [3.8, 4) is 0 Å². The summed E-state index contributed by atoms with van der Waals surface area (Å²) in [6.07, 6.45) is -0.191. The van der Waals surface area contributed by atoms with Crippen molar-refractivity contribution in [3.63, 3.8) is 0 Å². The highest BCUT2D eigenvalue weighted by molar-refractivity contribution is 5.69. The number of hydrogen-bond donors (Lipinski definition) is 0. The zero-order chi connectivity index (χ0) is 12.8. The summed E-state index contributed by atoms with van der Waals surface area (Å²) in [5.41, 5.74) is -0.767. The first-order valence-corrected chi connectivity index (χ1v) is 5.97. The topological polar surface area (TPSA) is 51.3 Å². The number of hydrogen-bond acceptors (Lipinski definition) is 4. The van der Waals surface area contributed by atoms with Gasteiger partial charge in [-0.25, -0.2) is 4.79 Å². The maximum Gasteiger partial charge on any atom is 0.410 e. The molecule has 17 heavy (non-hydrogen) atoms. The summed E-state index contributed by atoms with van der Waals surface area (Å²) < 4.78 is 16.3. The number of ether oxygens (including phenoxy) is 3. The van der Waals surface area contributed by atoms with Gasteiger partial charge < -0.3 is 19.1 Å². The van der Waals surface area contributed by atoms with E-state index in [1.807, 2.05) is 27.7 Å². The summed E-state index contributed by atoms with van der Waals surface area (Å²) >= 11 is 0. The van der Waals surface area contributed by atoms with Crippen LogP contribution in [0.2, 0.25) is 0 Å². The lowest BCUT2D eigenvalue weighted by atomic mass is 10.0. The molecule has 5 nitrogen and oxygen atoms in total. The molecule has 0 aromatic carbocycles. The van der Waals surface area contributed by atoms with Crippen molar-refractivity contribution in [2.45, 2.75) is 51.1 Å². The Morgan fingerprint density at radius 2 is 2.06 bits per heavy atom. The van der Waals surface area contributed by atoms with Gasteiger partial charge in [-0.1, -0.05) is 0 Å². The van der Waals surface area contributed by atoms with E-state index in [4.69, 9.17) is 14.2 Å². The second kappa shape index (κ2) is 3.85. The van der Waals surface area contributed by atoms with Gasteiger partial charge in [0.2, 0.25) is 0 Å². The van der Waals surface area contributed by atoms with E-state index >= 15 is 0 Å². The van der Waals surface area contributed by atoms with Crippen LogP contribution in [0.15, 0.2) is 0 Å². The van der Waals surface area contributed by atoms with Crippen LogP contribution in [-0.2, 0) is 14.2 Å². The highest BCUT2D eigenvalue weighted by atomic mass is 16.6. The zero-order valence-electron chi connectivity index (χ0n) is 11.1. The minimum absolute atomic E-state index is 0.0509. The van der Waals surface area contributed by atoms with Crippen molar-refractivity contribution < 1.29 is 19.0 Å². The Labute approximate surface area is 102 Å². The molecule has 0 saturated carbocycles. The van der Waals surface area contributed by atoms with Gasteiger partial charge in [-0.15, -0.1) is 0 Å². The maximum atomic E-state index is 11.9. The van der Waals surface area contributed by atoms with Gasteiger partial charge in [-0.3, -0.25) is 0 Å². The molecular formula is C12H21NO4. The Bertz CT molecular complexity index is 325. The normalized spacial score (nSPS) is 36.4. The van der Waals surface area contributed by atoms with Gasteiger partial charge >= 0.3 is 6.09 Å². The van der Waals surface area contributed by atoms with Crippen LogP contribution in [0.4, 0.5) is 4.79 Å². The van der Waals surface area contributed by atoms with Crippen molar-refractivity contribution in [2.75, 3.05) is 20.2 Å². The fraction of sp³-hybridized carbons (Fsp3) is 0.917. The second-order valence-electron chi connectivity index (χ2n) is 5.80. The number of likely N-dealkylation sites (tertiary alicyclic amines) is 1. The van der Waals surface area contributed by atoms with Gasteiger partial charge in [0.1, 0.15) is 17.3 Å². The molecule has 0 aromatic heterocycles.